The number of pyridine rings is 1. The number of nitrogens with one attached hydrogen (secondary N) is 1. The van der Waals surface area contributed by atoms with Gasteiger partial charge in [0.15, 0.2) is 0 Å². The number of carbonyl (C=O) groups excluding carboxylic acids is 2. The van der Waals surface area contributed by atoms with Crippen molar-refractivity contribution in [3.8, 4) is 0 Å². The lowest BCUT2D eigenvalue weighted by Crippen LogP contribution is -2.56. The zero-order valence-electron chi connectivity index (χ0n) is 20.9. The van der Waals surface area contributed by atoms with Gasteiger partial charge in [-0.1, -0.05) is 0 Å². The first-order chi connectivity index (χ1) is 17.7. The molecule has 8 nitrogen and oxygen atoms in total. The van der Waals surface area contributed by atoms with Gasteiger partial charge in [0.2, 0.25) is 0 Å². The Morgan fingerprint density at radius 2 is 1.84 bits per heavy atom. The maximum absolute atomic E-state index is 15.0. The van der Waals surface area contributed by atoms with E-state index in [1.807, 2.05) is 16.7 Å². The molecule has 1 spiro atoms. The Kier molecular flexibility index (Phi) is 6.45. The van der Waals surface area contributed by atoms with Gasteiger partial charge in [0, 0.05) is 50.6 Å². The molecule has 3 aromatic rings. The van der Waals surface area contributed by atoms with E-state index < -0.39 is 17.5 Å². The van der Waals surface area contributed by atoms with Gasteiger partial charge in [-0.15, -0.1) is 0 Å². The topological polar surface area (TPSA) is 96.5 Å². The van der Waals surface area contributed by atoms with Gasteiger partial charge in [-0.3, -0.25) is 19.5 Å². The van der Waals surface area contributed by atoms with Crippen LogP contribution in [0.25, 0.3) is 0 Å². The van der Waals surface area contributed by atoms with Crippen molar-refractivity contribution >= 4 is 17.5 Å². The Morgan fingerprint density at radius 3 is 2.43 bits per heavy atom. The summed E-state index contributed by atoms with van der Waals surface area (Å²) in [6, 6.07) is 9.49. The van der Waals surface area contributed by atoms with Crippen molar-refractivity contribution in [1.29, 1.82) is 0 Å². The van der Waals surface area contributed by atoms with Crippen LogP contribution in [0.2, 0.25) is 0 Å². The first-order valence-electron chi connectivity index (χ1n) is 12.3. The van der Waals surface area contributed by atoms with Gasteiger partial charge >= 0.3 is 0 Å². The standard InChI is InChI=1S/C27H30F2N6O2/c1-33(2)26(37)17-12-21(28)20(22(29)13-17)16-34-10-11-35-23(6-7-24(35)27(34)8-3-9-27)25(36)32-15-19-5-4-18(30)14-31-19/h4-7,12-14H,3,8-11,15-16,30H2,1-2H3,(H,32,36). The number of nitrogen functional groups attached to an aromatic ring is 1. The first kappa shape index (κ1) is 24.9. The molecule has 0 atom stereocenters. The third-order valence-electron chi connectivity index (χ3n) is 7.49. The maximum Gasteiger partial charge on any atom is 0.268 e. The van der Waals surface area contributed by atoms with Gasteiger partial charge in [0.05, 0.1) is 29.7 Å². The Morgan fingerprint density at radius 1 is 1.11 bits per heavy atom. The van der Waals surface area contributed by atoms with Crippen molar-refractivity contribution < 1.29 is 18.4 Å². The van der Waals surface area contributed by atoms with Gasteiger partial charge in [-0.2, -0.15) is 0 Å². The van der Waals surface area contributed by atoms with Gasteiger partial charge in [0.1, 0.15) is 17.3 Å². The van der Waals surface area contributed by atoms with Crippen LogP contribution >= 0.6 is 0 Å². The van der Waals surface area contributed by atoms with E-state index in [2.05, 4.69) is 15.2 Å². The molecule has 194 valence electrons. The second-order valence-electron chi connectivity index (χ2n) is 9.95. The lowest BCUT2D eigenvalue weighted by Gasteiger charge is -2.53. The average Bonchev–Trinajstić information content (AvgIpc) is 3.28. The fourth-order valence-corrected chi connectivity index (χ4v) is 5.35. The number of hydrogen-bond acceptors (Lipinski definition) is 5. The van der Waals surface area contributed by atoms with Crippen LogP contribution in [-0.2, 0) is 25.2 Å². The zero-order chi connectivity index (χ0) is 26.3. The van der Waals surface area contributed by atoms with E-state index in [0.29, 0.717) is 30.2 Å². The third-order valence-corrected chi connectivity index (χ3v) is 7.49. The summed E-state index contributed by atoms with van der Waals surface area (Å²) in [5.74, 6) is -2.10. The molecule has 3 N–H and O–H groups in total. The van der Waals surface area contributed by atoms with E-state index in [-0.39, 0.29) is 35.7 Å². The van der Waals surface area contributed by atoms with Crippen molar-refractivity contribution in [2.75, 3.05) is 26.4 Å². The number of nitrogens with two attached hydrogens (primary N) is 1. The second kappa shape index (κ2) is 9.59. The minimum absolute atomic E-state index is 0.0144. The summed E-state index contributed by atoms with van der Waals surface area (Å²) < 4.78 is 32.0. The van der Waals surface area contributed by atoms with Crippen LogP contribution in [-0.4, -0.2) is 51.8 Å². The van der Waals surface area contributed by atoms with Crippen LogP contribution < -0.4 is 11.1 Å². The summed E-state index contributed by atoms with van der Waals surface area (Å²) in [7, 11) is 3.08. The van der Waals surface area contributed by atoms with E-state index in [9.17, 15) is 9.59 Å². The van der Waals surface area contributed by atoms with Gasteiger partial charge in [0.25, 0.3) is 11.8 Å². The Hall–Kier alpha value is -3.79. The molecule has 37 heavy (non-hydrogen) atoms. The minimum Gasteiger partial charge on any atom is -0.397 e. The van der Waals surface area contributed by atoms with Gasteiger partial charge in [-0.25, -0.2) is 8.78 Å². The lowest BCUT2D eigenvalue weighted by molar-refractivity contribution is -0.0229. The van der Waals surface area contributed by atoms with Crippen LogP contribution in [0, 0.1) is 11.6 Å². The Labute approximate surface area is 214 Å². The highest BCUT2D eigenvalue weighted by molar-refractivity contribution is 5.94. The molecule has 3 heterocycles. The SMILES string of the molecule is CN(C)C(=O)c1cc(F)c(CN2CCn3c(C(=O)NCc4ccc(N)cn4)ccc3C23CCC3)c(F)c1. The molecule has 1 fully saturated rings. The summed E-state index contributed by atoms with van der Waals surface area (Å²) in [5.41, 5.74) is 8.04. The average molecular weight is 509 g/mol. The molecule has 1 aliphatic carbocycles. The van der Waals surface area contributed by atoms with E-state index >= 15 is 8.78 Å². The highest BCUT2D eigenvalue weighted by Crippen LogP contribution is 2.49. The molecule has 1 aliphatic heterocycles. The number of nitrogens with zero attached hydrogens (tertiary/aromatic N) is 4. The summed E-state index contributed by atoms with van der Waals surface area (Å²) >= 11 is 0. The second-order valence-corrected chi connectivity index (χ2v) is 9.95. The number of benzene rings is 1. The van der Waals surface area contributed by atoms with Crippen LogP contribution in [0.5, 0.6) is 0 Å². The van der Waals surface area contributed by atoms with E-state index in [4.69, 9.17) is 5.73 Å². The summed E-state index contributed by atoms with van der Waals surface area (Å²) in [6.45, 7) is 1.43. The Balaban J connectivity index is 1.36. The number of fused-ring (bicyclic) bond motifs is 2. The predicted molar refractivity (Wildman–Crippen MR) is 135 cm³/mol. The predicted octanol–water partition coefficient (Wildman–Crippen LogP) is 3.27. The molecule has 10 heteroatoms. The molecule has 1 aromatic carbocycles. The molecule has 2 amide bonds. The normalized spacial score (nSPS) is 16.2. The van der Waals surface area contributed by atoms with Crippen molar-refractivity contribution in [2.45, 2.75) is 44.4 Å². The van der Waals surface area contributed by atoms with E-state index in [0.717, 1.165) is 37.1 Å². The molecule has 0 bridgehead atoms. The molecule has 2 aliphatic rings. The van der Waals surface area contributed by atoms with E-state index in [1.165, 1.54) is 4.90 Å². The lowest BCUT2D eigenvalue weighted by atomic mass is 9.71. The fourth-order valence-electron chi connectivity index (χ4n) is 5.35. The van der Waals surface area contributed by atoms with Crippen molar-refractivity contribution in [2.24, 2.45) is 0 Å². The zero-order valence-corrected chi connectivity index (χ0v) is 20.9. The largest absolute Gasteiger partial charge is 0.397 e. The third kappa shape index (κ3) is 4.46. The summed E-state index contributed by atoms with van der Waals surface area (Å²) in [4.78, 5) is 32.8. The highest BCUT2D eigenvalue weighted by Gasteiger charge is 2.48. The van der Waals surface area contributed by atoms with Crippen molar-refractivity contribution in [3.63, 3.8) is 0 Å². The molecule has 2 aromatic heterocycles. The number of rotatable bonds is 6. The van der Waals surface area contributed by atoms with Crippen LogP contribution in [0.4, 0.5) is 14.5 Å². The molecule has 5 rings (SSSR count). The minimum atomic E-state index is -0.725. The molecular formula is C27H30F2N6O2. The molecule has 0 saturated heterocycles. The number of amides is 2. The van der Waals surface area contributed by atoms with E-state index in [1.54, 1.807) is 32.4 Å². The number of carbonyl (C=O) groups is 2. The first-order valence-corrected chi connectivity index (χ1v) is 12.3. The van der Waals surface area contributed by atoms with Gasteiger partial charge < -0.3 is 20.5 Å². The van der Waals surface area contributed by atoms with Crippen molar-refractivity contribution in [1.82, 2.24) is 24.7 Å². The monoisotopic (exact) mass is 508 g/mol. The van der Waals surface area contributed by atoms with Crippen LogP contribution in [0.1, 0.15) is 57.1 Å². The quantitative estimate of drug-likeness (QED) is 0.533. The molecular weight excluding hydrogens is 478 g/mol. The Bertz CT molecular complexity index is 1320. The van der Waals surface area contributed by atoms with Crippen molar-refractivity contribution in [3.05, 3.63) is 82.4 Å². The number of halogens is 2. The number of hydrogen-bond donors (Lipinski definition) is 2. The van der Waals surface area contributed by atoms with Gasteiger partial charge in [-0.05, 0) is 55.7 Å². The number of aromatic nitrogens is 2. The number of anilines is 1. The summed E-state index contributed by atoms with van der Waals surface area (Å²) in [5, 5.41) is 2.92. The molecule has 0 radical (unpaired) electrons. The maximum atomic E-state index is 15.0. The summed E-state index contributed by atoms with van der Waals surface area (Å²) in [6.07, 6.45) is 4.23. The molecule has 1 saturated carbocycles. The fraction of sp³-hybridized carbons (Fsp3) is 0.370. The highest BCUT2D eigenvalue weighted by atomic mass is 19.1. The van der Waals surface area contributed by atoms with Crippen LogP contribution in [0.3, 0.4) is 0 Å². The molecule has 0 unspecified atom stereocenters. The van der Waals surface area contributed by atoms with Crippen LogP contribution in [0.15, 0.2) is 42.6 Å². The smallest absolute Gasteiger partial charge is 0.268 e.